The minimum atomic E-state index is -0.185. The first-order chi connectivity index (χ1) is 34.1. The number of imidazole rings is 4. The fourth-order valence-electron chi connectivity index (χ4n) is 9.59. The normalized spacial score (nSPS) is 14.9. The summed E-state index contributed by atoms with van der Waals surface area (Å²) >= 11 is 0. The van der Waals surface area contributed by atoms with Crippen LogP contribution < -0.4 is 9.80 Å². The van der Waals surface area contributed by atoms with E-state index in [9.17, 15) is 9.59 Å². The molecule has 8 aromatic heterocycles. The van der Waals surface area contributed by atoms with Gasteiger partial charge in [0.25, 0.3) is 0 Å². The number of pyridine rings is 4. The second-order valence-corrected chi connectivity index (χ2v) is 18.3. The number of nitrogens with zero attached hydrogens (tertiary/aromatic N) is 14. The van der Waals surface area contributed by atoms with E-state index in [0.29, 0.717) is 57.8 Å². The zero-order chi connectivity index (χ0) is 47.9. The lowest BCUT2D eigenvalue weighted by atomic mass is 10.0. The highest BCUT2D eigenvalue weighted by molar-refractivity contribution is 6.09. The molecule has 18 nitrogen and oxygen atoms in total. The van der Waals surface area contributed by atoms with Gasteiger partial charge in [0.2, 0.25) is 11.6 Å². The number of hydrogen-bond acceptors (Lipinski definition) is 14. The molecule has 0 spiro atoms. The van der Waals surface area contributed by atoms with E-state index in [1.165, 1.54) is 0 Å². The highest BCUT2D eigenvalue weighted by atomic mass is 16.1. The third-order valence-electron chi connectivity index (χ3n) is 13.6. The number of benzene rings is 2. The van der Waals surface area contributed by atoms with Crippen molar-refractivity contribution in [1.29, 1.82) is 0 Å². The van der Waals surface area contributed by atoms with Crippen LogP contribution in [0.2, 0.25) is 0 Å². The minimum absolute atomic E-state index is 0.180. The van der Waals surface area contributed by atoms with Crippen molar-refractivity contribution in [1.82, 2.24) is 68.8 Å². The Bertz CT molecular complexity index is 3290. The monoisotopic (exact) mass is 932 g/mol. The van der Waals surface area contributed by atoms with Crippen LogP contribution in [0, 0.1) is 0 Å². The molecule has 18 heteroatoms. The summed E-state index contributed by atoms with van der Waals surface area (Å²) < 4.78 is 3.60. The van der Waals surface area contributed by atoms with Gasteiger partial charge in [-0.1, -0.05) is 0 Å². The lowest BCUT2D eigenvalue weighted by Gasteiger charge is -2.36. The zero-order valence-corrected chi connectivity index (χ0v) is 39.4. The maximum Gasteiger partial charge on any atom is 0.228 e. The first-order valence-corrected chi connectivity index (χ1v) is 23.5. The Hall–Kier alpha value is -8.22. The maximum atomic E-state index is 13.3. The van der Waals surface area contributed by atoms with E-state index >= 15 is 0 Å². The Morgan fingerprint density at radius 3 is 1.60 bits per heavy atom. The summed E-state index contributed by atoms with van der Waals surface area (Å²) in [5.41, 5.74) is 9.51. The molecule has 2 saturated heterocycles. The molecule has 10 aromatic rings. The van der Waals surface area contributed by atoms with Crippen LogP contribution in [0.3, 0.4) is 0 Å². The van der Waals surface area contributed by atoms with Crippen LogP contribution in [0.5, 0.6) is 0 Å². The Kier molecular flexibility index (Phi) is 11.8. The Labute approximate surface area is 403 Å². The number of piperidine rings is 2. The molecule has 0 amide bonds. The van der Waals surface area contributed by atoms with Gasteiger partial charge in [-0.2, -0.15) is 0 Å². The van der Waals surface area contributed by atoms with Gasteiger partial charge in [-0.3, -0.25) is 18.7 Å². The molecule has 10 heterocycles. The van der Waals surface area contributed by atoms with Gasteiger partial charge < -0.3 is 29.6 Å². The van der Waals surface area contributed by atoms with Crippen LogP contribution in [-0.4, -0.2) is 147 Å². The van der Waals surface area contributed by atoms with E-state index in [1.807, 2.05) is 41.0 Å². The third-order valence-corrected chi connectivity index (χ3v) is 13.6. The molecule has 70 heavy (non-hydrogen) atoms. The molecule has 0 radical (unpaired) electrons. The van der Waals surface area contributed by atoms with Gasteiger partial charge >= 0.3 is 0 Å². The molecule has 2 aromatic carbocycles. The first kappa shape index (κ1) is 44.3. The number of rotatable bonds is 10. The quantitative estimate of drug-likeness (QED) is 0.135. The summed E-state index contributed by atoms with van der Waals surface area (Å²) in [6, 6.07) is 28.0. The molecule has 2 aliphatic rings. The van der Waals surface area contributed by atoms with E-state index in [4.69, 9.17) is 0 Å². The molecule has 0 saturated carbocycles. The van der Waals surface area contributed by atoms with Gasteiger partial charge in [0, 0.05) is 85.6 Å². The Balaban J connectivity index is 0.000000152. The minimum Gasteiger partial charge on any atom is -0.371 e. The smallest absolute Gasteiger partial charge is 0.228 e. The van der Waals surface area contributed by atoms with Crippen LogP contribution >= 0.6 is 0 Å². The number of fused-ring (bicyclic) bond motifs is 4. The summed E-state index contributed by atoms with van der Waals surface area (Å²) in [6.07, 6.45) is 14.6. The average Bonchev–Trinajstić information content (AvgIpc) is 4.23. The van der Waals surface area contributed by atoms with Gasteiger partial charge in [-0.05, 0) is 139 Å². The molecule has 2 N–H and O–H groups in total. The van der Waals surface area contributed by atoms with E-state index in [2.05, 4.69) is 122 Å². The molecule has 0 bridgehead atoms. The number of aromatic nitrogens is 12. The summed E-state index contributed by atoms with van der Waals surface area (Å²) in [6.45, 7) is 4.08. The van der Waals surface area contributed by atoms with Crippen molar-refractivity contribution < 1.29 is 9.59 Å². The Morgan fingerprint density at radius 2 is 1.04 bits per heavy atom. The van der Waals surface area contributed by atoms with Crippen molar-refractivity contribution in [2.24, 2.45) is 0 Å². The topological polar surface area (TPSA) is 192 Å². The number of carbonyl (C=O) groups is 2. The predicted octanol–water partition coefficient (Wildman–Crippen LogP) is 6.91. The van der Waals surface area contributed by atoms with Crippen LogP contribution in [0.15, 0.2) is 122 Å². The number of ketones is 2. The first-order valence-electron chi connectivity index (χ1n) is 23.5. The number of aromatic amines is 2. The fourth-order valence-corrected chi connectivity index (χ4v) is 9.59. The number of hydrogen-bond donors (Lipinski definition) is 2. The molecule has 352 valence electrons. The van der Waals surface area contributed by atoms with Gasteiger partial charge in [0.15, 0.2) is 22.9 Å². The van der Waals surface area contributed by atoms with Crippen molar-refractivity contribution in [3.63, 3.8) is 0 Å². The van der Waals surface area contributed by atoms with Crippen molar-refractivity contribution in [2.75, 3.05) is 64.2 Å². The summed E-state index contributed by atoms with van der Waals surface area (Å²) in [5, 5.41) is 0. The predicted molar refractivity (Wildman–Crippen MR) is 270 cm³/mol. The molecule has 2 fully saturated rings. The second-order valence-electron chi connectivity index (χ2n) is 18.3. The molecular formula is C52H52N16O2. The van der Waals surface area contributed by atoms with Crippen LogP contribution in [0.1, 0.15) is 58.0 Å². The second kappa shape index (κ2) is 18.7. The van der Waals surface area contributed by atoms with Crippen molar-refractivity contribution in [3.05, 3.63) is 145 Å². The number of anilines is 2. The summed E-state index contributed by atoms with van der Waals surface area (Å²) in [7, 11) is 8.60. The van der Waals surface area contributed by atoms with Gasteiger partial charge in [-0.15, -0.1) is 0 Å². The fraction of sp³-hybridized carbons (Fsp3) is 0.269. The lowest BCUT2D eigenvalue weighted by molar-refractivity contribution is 0.102. The average molecular weight is 933 g/mol. The van der Waals surface area contributed by atoms with Crippen molar-refractivity contribution in [2.45, 2.75) is 37.8 Å². The van der Waals surface area contributed by atoms with E-state index in [0.717, 1.165) is 96.3 Å². The van der Waals surface area contributed by atoms with Crippen LogP contribution in [0.25, 0.3) is 56.0 Å². The summed E-state index contributed by atoms with van der Waals surface area (Å²) in [5.74, 6) is 1.45. The van der Waals surface area contributed by atoms with Gasteiger partial charge in [-0.25, -0.2) is 39.9 Å². The van der Waals surface area contributed by atoms with E-state index in [-0.39, 0.29) is 11.6 Å². The highest BCUT2D eigenvalue weighted by Crippen LogP contribution is 2.28. The zero-order valence-electron chi connectivity index (χ0n) is 39.4. The molecule has 0 aliphatic carbocycles. The Morgan fingerprint density at radius 1 is 0.529 bits per heavy atom. The summed E-state index contributed by atoms with van der Waals surface area (Å²) in [4.78, 5) is 77.9. The number of H-pyrrole nitrogens is 2. The standard InChI is InChI=1S/2C26H26N8O/c1-32(2)18-8-12-33(13-9-18)19-5-6-20-21(15-19)31-26(30-20)24(35)17-7-11-27-23(14-17)34-16-29-25-22(34)4-3-10-28-25;1-32(2)18-8-12-33(13-9-18)19-5-6-20-22(15-19)31-25(30-20)24(35)17-7-11-27-23(14-17)34-16-29-21-4-3-10-28-26(21)34/h2*3-7,10-11,14-16,18H,8-9,12-13H2,1-2H3,(H,30,31). The van der Waals surface area contributed by atoms with Gasteiger partial charge in [0.1, 0.15) is 29.8 Å². The molecule has 2 aliphatic heterocycles. The maximum absolute atomic E-state index is 13.3. The molecular weight excluding hydrogens is 881 g/mol. The SMILES string of the molecule is CN(C)C1CCN(c2ccc3nc(C(=O)c4ccnc(-n5cnc6cccnc65)c4)[nH]c3c2)CC1.CN(C)C1CCN(c2ccc3nc(C(=O)c4ccnc(-n5cnc6ncccc65)c4)[nH]c3c2)CC1. The lowest BCUT2D eigenvalue weighted by Crippen LogP contribution is -2.41. The van der Waals surface area contributed by atoms with Crippen molar-refractivity contribution in [3.8, 4) is 11.6 Å². The van der Waals surface area contributed by atoms with E-state index in [1.54, 1.807) is 66.3 Å². The largest absolute Gasteiger partial charge is 0.371 e. The molecule has 0 atom stereocenters. The van der Waals surface area contributed by atoms with Crippen LogP contribution in [0.4, 0.5) is 11.4 Å². The van der Waals surface area contributed by atoms with Crippen molar-refractivity contribution >= 4 is 67.3 Å². The molecule has 12 rings (SSSR count). The third kappa shape index (κ3) is 8.73. The number of nitrogens with one attached hydrogen (secondary N) is 2. The highest BCUT2D eigenvalue weighted by Gasteiger charge is 2.24. The molecule has 0 unspecified atom stereocenters. The van der Waals surface area contributed by atoms with E-state index < -0.39 is 0 Å². The number of carbonyl (C=O) groups excluding carboxylic acids is 2. The van der Waals surface area contributed by atoms with Gasteiger partial charge in [0.05, 0.1) is 27.6 Å². The van der Waals surface area contributed by atoms with Crippen LogP contribution in [-0.2, 0) is 0 Å².